The van der Waals surface area contributed by atoms with Crippen molar-refractivity contribution in [3.63, 3.8) is 0 Å². The van der Waals surface area contributed by atoms with Crippen molar-refractivity contribution in [3.8, 4) is 0 Å². The molecule has 0 saturated heterocycles. The molecular weight excluding hydrogens is 236 g/mol. The second kappa shape index (κ2) is 8.04. The van der Waals surface area contributed by atoms with Crippen LogP contribution in [0.1, 0.15) is 79.1 Å². The summed E-state index contributed by atoms with van der Waals surface area (Å²) in [6, 6.07) is 0. The molecule has 0 spiro atoms. The standard InChI is InChI=1S/C17H32O2/c1-5-19-16(14-10-7-6-8-11-14)15(18)12-9-13-17(2,3)4/h14,16H,5-13H2,1-4H3. The molecule has 2 heteroatoms. The quantitative estimate of drug-likeness (QED) is 0.665. The van der Waals surface area contributed by atoms with E-state index in [4.69, 9.17) is 4.74 Å². The van der Waals surface area contributed by atoms with Gasteiger partial charge in [0.1, 0.15) is 6.10 Å². The average Bonchev–Trinajstić information content (AvgIpc) is 2.35. The minimum absolute atomic E-state index is 0.120. The van der Waals surface area contributed by atoms with E-state index in [2.05, 4.69) is 20.8 Å². The fourth-order valence-electron chi connectivity index (χ4n) is 3.04. The van der Waals surface area contributed by atoms with Crippen molar-refractivity contribution in [1.29, 1.82) is 0 Å². The van der Waals surface area contributed by atoms with Crippen LogP contribution in [0.4, 0.5) is 0 Å². The summed E-state index contributed by atoms with van der Waals surface area (Å²) in [7, 11) is 0. The lowest BCUT2D eigenvalue weighted by molar-refractivity contribution is -0.135. The molecule has 0 aromatic carbocycles. The van der Waals surface area contributed by atoms with E-state index in [1.807, 2.05) is 6.92 Å². The molecule has 1 aliphatic carbocycles. The molecule has 2 nitrogen and oxygen atoms in total. The number of ether oxygens (including phenoxy) is 1. The van der Waals surface area contributed by atoms with Gasteiger partial charge in [-0.25, -0.2) is 0 Å². The van der Waals surface area contributed by atoms with Gasteiger partial charge in [-0.05, 0) is 43.9 Å². The number of hydrogen-bond donors (Lipinski definition) is 0. The van der Waals surface area contributed by atoms with Gasteiger partial charge < -0.3 is 4.74 Å². The lowest BCUT2D eigenvalue weighted by Gasteiger charge is -2.29. The molecule has 1 atom stereocenters. The molecule has 1 unspecified atom stereocenters. The van der Waals surface area contributed by atoms with Crippen molar-refractivity contribution in [3.05, 3.63) is 0 Å². The van der Waals surface area contributed by atoms with Crippen LogP contribution in [0.15, 0.2) is 0 Å². The summed E-state index contributed by atoms with van der Waals surface area (Å²) < 4.78 is 5.78. The lowest BCUT2D eigenvalue weighted by atomic mass is 9.82. The van der Waals surface area contributed by atoms with Crippen LogP contribution < -0.4 is 0 Å². The molecule has 0 aliphatic heterocycles. The third-order valence-corrected chi connectivity index (χ3v) is 4.09. The van der Waals surface area contributed by atoms with Crippen LogP contribution in [-0.4, -0.2) is 18.5 Å². The van der Waals surface area contributed by atoms with E-state index in [-0.39, 0.29) is 6.10 Å². The van der Waals surface area contributed by atoms with Crippen molar-refractivity contribution < 1.29 is 9.53 Å². The van der Waals surface area contributed by atoms with Gasteiger partial charge >= 0.3 is 0 Å². The summed E-state index contributed by atoms with van der Waals surface area (Å²) >= 11 is 0. The van der Waals surface area contributed by atoms with Crippen LogP contribution in [0.3, 0.4) is 0 Å². The van der Waals surface area contributed by atoms with Gasteiger partial charge in [0.15, 0.2) is 5.78 Å². The van der Waals surface area contributed by atoms with E-state index in [0.717, 1.165) is 12.8 Å². The van der Waals surface area contributed by atoms with Crippen LogP contribution >= 0.6 is 0 Å². The highest BCUT2D eigenvalue weighted by Gasteiger charge is 2.29. The van der Waals surface area contributed by atoms with Gasteiger partial charge in [-0.1, -0.05) is 40.0 Å². The minimum atomic E-state index is -0.120. The predicted molar refractivity (Wildman–Crippen MR) is 80.3 cm³/mol. The van der Waals surface area contributed by atoms with E-state index in [0.29, 0.717) is 30.1 Å². The number of carbonyl (C=O) groups is 1. The van der Waals surface area contributed by atoms with Crippen LogP contribution in [0.2, 0.25) is 0 Å². The first-order valence-electron chi connectivity index (χ1n) is 8.08. The fraction of sp³-hybridized carbons (Fsp3) is 0.941. The molecule has 1 aliphatic rings. The van der Waals surface area contributed by atoms with Gasteiger partial charge in [0.25, 0.3) is 0 Å². The molecule has 0 N–H and O–H groups in total. The van der Waals surface area contributed by atoms with E-state index in [1.165, 1.54) is 32.1 Å². The number of ketones is 1. The molecule has 1 saturated carbocycles. The molecule has 0 bridgehead atoms. The third-order valence-electron chi connectivity index (χ3n) is 4.09. The molecule has 112 valence electrons. The monoisotopic (exact) mass is 268 g/mol. The Morgan fingerprint density at radius 2 is 1.84 bits per heavy atom. The summed E-state index contributed by atoms with van der Waals surface area (Å²) in [6.07, 6.45) is 8.90. The van der Waals surface area contributed by atoms with E-state index in [9.17, 15) is 4.79 Å². The molecule has 0 aromatic rings. The van der Waals surface area contributed by atoms with Gasteiger partial charge in [-0.2, -0.15) is 0 Å². The molecule has 1 fully saturated rings. The SMILES string of the molecule is CCOC(C(=O)CCCC(C)(C)C)C1CCCCC1. The maximum atomic E-state index is 12.4. The van der Waals surface area contributed by atoms with E-state index < -0.39 is 0 Å². The van der Waals surface area contributed by atoms with Crippen molar-refractivity contribution in [1.82, 2.24) is 0 Å². The fourth-order valence-corrected chi connectivity index (χ4v) is 3.04. The highest BCUT2D eigenvalue weighted by molar-refractivity contribution is 5.83. The van der Waals surface area contributed by atoms with Crippen molar-refractivity contribution in [2.75, 3.05) is 6.61 Å². The minimum Gasteiger partial charge on any atom is -0.370 e. The van der Waals surface area contributed by atoms with Gasteiger partial charge in [-0.15, -0.1) is 0 Å². The summed E-state index contributed by atoms with van der Waals surface area (Å²) in [5.41, 5.74) is 0.326. The van der Waals surface area contributed by atoms with Crippen molar-refractivity contribution in [2.24, 2.45) is 11.3 Å². The van der Waals surface area contributed by atoms with Crippen LogP contribution in [0.5, 0.6) is 0 Å². The Morgan fingerprint density at radius 1 is 1.21 bits per heavy atom. The first-order valence-corrected chi connectivity index (χ1v) is 8.08. The lowest BCUT2D eigenvalue weighted by Crippen LogP contribution is -2.34. The van der Waals surface area contributed by atoms with E-state index >= 15 is 0 Å². The predicted octanol–water partition coefficient (Wildman–Crippen LogP) is 4.76. The Bertz CT molecular complexity index is 259. The second-order valence-electron chi connectivity index (χ2n) is 7.15. The summed E-state index contributed by atoms with van der Waals surface area (Å²) in [5, 5.41) is 0. The van der Waals surface area contributed by atoms with Crippen molar-refractivity contribution in [2.45, 2.75) is 85.2 Å². The zero-order valence-electron chi connectivity index (χ0n) is 13.3. The summed E-state index contributed by atoms with van der Waals surface area (Å²) in [5.74, 6) is 0.828. The highest BCUT2D eigenvalue weighted by atomic mass is 16.5. The topological polar surface area (TPSA) is 26.3 Å². The largest absolute Gasteiger partial charge is 0.370 e. The van der Waals surface area contributed by atoms with Crippen LogP contribution in [-0.2, 0) is 9.53 Å². The maximum absolute atomic E-state index is 12.4. The summed E-state index contributed by atoms with van der Waals surface area (Å²) in [4.78, 5) is 12.4. The molecule has 0 amide bonds. The zero-order valence-corrected chi connectivity index (χ0v) is 13.3. The molecule has 1 rings (SSSR count). The Balaban J connectivity index is 2.43. The van der Waals surface area contributed by atoms with Crippen LogP contribution in [0.25, 0.3) is 0 Å². The number of hydrogen-bond acceptors (Lipinski definition) is 2. The third kappa shape index (κ3) is 6.56. The number of carbonyl (C=O) groups excluding carboxylic acids is 1. The smallest absolute Gasteiger partial charge is 0.161 e. The Labute approximate surface area is 119 Å². The Morgan fingerprint density at radius 3 is 2.37 bits per heavy atom. The zero-order chi connectivity index (χ0) is 14.3. The number of rotatable bonds is 7. The first kappa shape index (κ1) is 16.7. The molecule has 0 radical (unpaired) electrons. The second-order valence-corrected chi connectivity index (χ2v) is 7.15. The molecule has 0 aromatic heterocycles. The Hall–Kier alpha value is -0.370. The number of Topliss-reactive ketones (excluding diaryl/α,β-unsaturated/α-hetero) is 1. The van der Waals surface area contributed by atoms with Gasteiger partial charge in [0.05, 0.1) is 0 Å². The molecule has 19 heavy (non-hydrogen) atoms. The van der Waals surface area contributed by atoms with Crippen LogP contribution in [0, 0.1) is 11.3 Å². The molecular formula is C17H32O2. The normalized spacial score (nSPS) is 19.4. The van der Waals surface area contributed by atoms with Gasteiger partial charge in [0.2, 0.25) is 0 Å². The summed E-state index contributed by atoms with van der Waals surface area (Å²) in [6.45, 7) is 9.36. The molecule has 0 heterocycles. The Kier molecular flexibility index (Phi) is 7.06. The van der Waals surface area contributed by atoms with Crippen molar-refractivity contribution >= 4 is 5.78 Å². The average molecular weight is 268 g/mol. The van der Waals surface area contributed by atoms with E-state index in [1.54, 1.807) is 0 Å². The highest BCUT2D eigenvalue weighted by Crippen LogP contribution is 2.30. The van der Waals surface area contributed by atoms with Gasteiger partial charge in [-0.3, -0.25) is 4.79 Å². The van der Waals surface area contributed by atoms with Gasteiger partial charge in [0, 0.05) is 13.0 Å². The first-order chi connectivity index (χ1) is 8.94. The maximum Gasteiger partial charge on any atom is 0.161 e.